The summed E-state index contributed by atoms with van der Waals surface area (Å²) in [5.74, 6) is -1.72. The number of ether oxygens (including phenoxy) is 1. The molecular formula is C19H17F3I3NO5S. The summed E-state index contributed by atoms with van der Waals surface area (Å²) < 4.78 is 71.3. The third-order valence-electron chi connectivity index (χ3n) is 6.54. The van der Waals surface area contributed by atoms with Crippen LogP contribution in [-0.4, -0.2) is 31.4 Å². The van der Waals surface area contributed by atoms with Crippen LogP contribution in [0.15, 0.2) is 12.1 Å². The number of halogens is 6. The number of amides is 1. The molecule has 1 N–H and O–H groups in total. The second-order valence-corrected chi connectivity index (χ2v) is 14.1. The zero-order chi connectivity index (χ0) is 23.7. The van der Waals surface area contributed by atoms with Gasteiger partial charge >= 0.3 is 21.5 Å². The lowest BCUT2D eigenvalue weighted by molar-refractivity contribution is -0.178. The van der Waals surface area contributed by atoms with E-state index in [0.717, 1.165) is 17.1 Å². The molecule has 0 saturated heterocycles. The molecule has 4 fully saturated rings. The van der Waals surface area contributed by atoms with Gasteiger partial charge in [0.15, 0.2) is 0 Å². The molecule has 1 aromatic carbocycles. The standard InChI is InChI=1S/C19H17F3I3NO5S/c20-19(21,22)32(29,30)26-16(28)17-4-9-1-10(5-17)7-18(6-9,8-17)31-15(27)12-2-11(23)3-13(24)14(12)25/h2-3,9-10H,1,4-8H2,(H,26,28). The zero-order valence-corrected chi connectivity index (χ0v) is 23.6. The molecule has 4 bridgehead atoms. The first-order valence-corrected chi connectivity index (χ1v) is 14.4. The molecule has 176 valence electrons. The van der Waals surface area contributed by atoms with Crippen molar-refractivity contribution in [1.82, 2.24) is 4.72 Å². The Kier molecular flexibility index (Phi) is 6.57. The number of benzene rings is 1. The minimum Gasteiger partial charge on any atom is -0.455 e. The van der Waals surface area contributed by atoms with E-state index in [2.05, 4.69) is 67.8 Å². The summed E-state index contributed by atoms with van der Waals surface area (Å²) in [6, 6.07) is 3.64. The number of sulfonamides is 1. The summed E-state index contributed by atoms with van der Waals surface area (Å²) in [6.45, 7) is 0. The van der Waals surface area contributed by atoms with Crippen LogP contribution in [0.5, 0.6) is 0 Å². The number of hydrogen-bond acceptors (Lipinski definition) is 5. The van der Waals surface area contributed by atoms with Gasteiger partial charge in [-0.3, -0.25) is 4.79 Å². The van der Waals surface area contributed by atoms with Crippen molar-refractivity contribution in [1.29, 1.82) is 0 Å². The van der Waals surface area contributed by atoms with Crippen LogP contribution in [0.25, 0.3) is 0 Å². The molecule has 32 heavy (non-hydrogen) atoms. The minimum atomic E-state index is -5.80. The fourth-order valence-electron chi connectivity index (χ4n) is 5.81. The summed E-state index contributed by atoms with van der Waals surface area (Å²) in [6.07, 6.45) is 2.44. The average molecular weight is 809 g/mol. The number of esters is 1. The van der Waals surface area contributed by atoms with Crippen molar-refractivity contribution in [2.75, 3.05) is 0 Å². The summed E-state index contributed by atoms with van der Waals surface area (Å²) in [5, 5.41) is 0. The molecule has 1 amide bonds. The van der Waals surface area contributed by atoms with Crippen molar-refractivity contribution in [3.63, 3.8) is 0 Å². The lowest BCUT2D eigenvalue weighted by Crippen LogP contribution is -2.62. The van der Waals surface area contributed by atoms with Gasteiger partial charge in [0.2, 0.25) is 5.91 Å². The second-order valence-electron chi connectivity index (χ2n) is 8.94. The van der Waals surface area contributed by atoms with Gasteiger partial charge in [-0.2, -0.15) is 21.6 Å². The van der Waals surface area contributed by atoms with E-state index >= 15 is 0 Å². The van der Waals surface area contributed by atoms with Crippen molar-refractivity contribution in [2.45, 2.75) is 49.6 Å². The van der Waals surface area contributed by atoms with Gasteiger partial charge in [-0.25, -0.2) is 9.52 Å². The fraction of sp³-hybridized carbons (Fsp3) is 0.579. The van der Waals surface area contributed by atoms with Gasteiger partial charge in [0.05, 0.1) is 11.0 Å². The van der Waals surface area contributed by atoms with E-state index < -0.39 is 38.4 Å². The van der Waals surface area contributed by atoms with Gasteiger partial charge in [0, 0.05) is 17.1 Å². The Bertz CT molecular complexity index is 1090. The van der Waals surface area contributed by atoms with E-state index in [9.17, 15) is 31.2 Å². The van der Waals surface area contributed by atoms with Crippen LogP contribution < -0.4 is 4.72 Å². The Hall–Kier alpha value is 0.0900. The molecule has 4 aliphatic rings. The summed E-state index contributed by atoms with van der Waals surface area (Å²) in [7, 11) is -5.80. The number of rotatable bonds is 4. The quantitative estimate of drug-likeness (QED) is 0.264. The third kappa shape index (κ3) is 4.52. The van der Waals surface area contributed by atoms with Gasteiger partial charge < -0.3 is 4.74 Å². The topological polar surface area (TPSA) is 89.5 Å². The predicted octanol–water partition coefficient (Wildman–Crippen LogP) is 4.96. The van der Waals surface area contributed by atoms with Crippen molar-refractivity contribution in [3.05, 3.63) is 28.4 Å². The number of hydrogen-bond donors (Lipinski definition) is 1. The molecule has 0 aliphatic heterocycles. The van der Waals surface area contributed by atoms with Crippen LogP contribution in [0, 0.1) is 28.0 Å². The highest BCUT2D eigenvalue weighted by Gasteiger charge is 2.63. The van der Waals surface area contributed by atoms with E-state index in [4.69, 9.17) is 4.74 Å². The van der Waals surface area contributed by atoms with Crippen molar-refractivity contribution >= 4 is 89.7 Å². The van der Waals surface area contributed by atoms with Crippen molar-refractivity contribution in [2.24, 2.45) is 17.3 Å². The molecule has 0 aromatic heterocycles. The second kappa shape index (κ2) is 8.34. The van der Waals surface area contributed by atoms with Crippen LogP contribution in [0.3, 0.4) is 0 Å². The Labute approximate surface area is 223 Å². The Morgan fingerprint density at radius 3 is 2.22 bits per heavy atom. The maximum absolute atomic E-state index is 13.1. The van der Waals surface area contributed by atoms with E-state index in [1.807, 2.05) is 6.07 Å². The van der Waals surface area contributed by atoms with Gasteiger partial charge in [0.1, 0.15) is 5.60 Å². The Morgan fingerprint density at radius 1 is 1.06 bits per heavy atom. The highest BCUT2D eigenvalue weighted by Crippen LogP contribution is 2.63. The number of carbonyl (C=O) groups is 2. The molecule has 13 heteroatoms. The smallest absolute Gasteiger partial charge is 0.455 e. The van der Waals surface area contributed by atoms with Crippen LogP contribution in [0.4, 0.5) is 13.2 Å². The molecule has 2 unspecified atom stereocenters. The van der Waals surface area contributed by atoms with E-state index in [0.29, 0.717) is 31.2 Å². The SMILES string of the molecule is O=C(OC12CC3CC(C1)CC(C(=O)NS(=O)(=O)C(F)(F)F)(C3)C2)c1cc(I)cc(I)c1I. The maximum atomic E-state index is 13.1. The molecule has 6 nitrogen and oxygen atoms in total. The predicted molar refractivity (Wildman–Crippen MR) is 133 cm³/mol. The number of nitrogens with one attached hydrogen (secondary N) is 1. The van der Waals surface area contributed by atoms with Crippen LogP contribution >= 0.6 is 67.8 Å². The Balaban J connectivity index is 1.62. The first kappa shape index (κ1) is 25.2. The van der Waals surface area contributed by atoms with Crippen molar-refractivity contribution < 1.29 is 35.9 Å². The third-order valence-corrected chi connectivity index (χ3v) is 11.3. The molecule has 0 spiro atoms. The van der Waals surface area contributed by atoms with E-state index in [-0.39, 0.29) is 18.3 Å². The zero-order valence-electron chi connectivity index (χ0n) is 16.3. The molecule has 0 heterocycles. The average Bonchev–Trinajstić information content (AvgIpc) is 2.61. The number of alkyl halides is 3. The van der Waals surface area contributed by atoms with Crippen molar-refractivity contribution in [3.8, 4) is 0 Å². The molecule has 0 radical (unpaired) electrons. The largest absolute Gasteiger partial charge is 0.516 e. The van der Waals surface area contributed by atoms with E-state index in [1.54, 1.807) is 6.07 Å². The molecule has 4 saturated carbocycles. The van der Waals surface area contributed by atoms with Crippen LogP contribution in [0.2, 0.25) is 0 Å². The summed E-state index contributed by atoms with van der Waals surface area (Å²) >= 11 is 6.29. The lowest BCUT2D eigenvalue weighted by atomic mass is 9.47. The monoisotopic (exact) mass is 809 g/mol. The first-order valence-electron chi connectivity index (χ1n) is 9.67. The molecule has 2 atom stereocenters. The maximum Gasteiger partial charge on any atom is 0.516 e. The van der Waals surface area contributed by atoms with Gasteiger partial charge in [-0.1, -0.05) is 0 Å². The molecule has 4 aliphatic carbocycles. The molecule has 5 rings (SSSR count). The number of carbonyl (C=O) groups excluding carboxylic acids is 2. The first-order chi connectivity index (χ1) is 14.7. The lowest BCUT2D eigenvalue weighted by Gasteiger charge is -2.60. The summed E-state index contributed by atoms with van der Waals surface area (Å²) in [5.41, 5.74) is -7.46. The highest BCUT2D eigenvalue weighted by molar-refractivity contribution is 14.1. The minimum absolute atomic E-state index is 0.0153. The molecule has 1 aromatic rings. The normalized spacial score (nSPS) is 31.4. The van der Waals surface area contributed by atoms with Gasteiger partial charge in [-0.15, -0.1) is 0 Å². The van der Waals surface area contributed by atoms with Crippen LogP contribution in [0.1, 0.15) is 48.9 Å². The summed E-state index contributed by atoms with van der Waals surface area (Å²) in [4.78, 5) is 26.0. The highest BCUT2D eigenvalue weighted by atomic mass is 127. The fourth-order valence-corrected chi connectivity index (χ4v) is 8.76. The van der Waals surface area contributed by atoms with Gasteiger partial charge in [-0.05, 0) is 124 Å². The van der Waals surface area contributed by atoms with Gasteiger partial charge in [0.25, 0.3) is 0 Å². The molecular weight excluding hydrogens is 792 g/mol. The van der Waals surface area contributed by atoms with E-state index in [1.165, 1.54) is 4.72 Å². The Morgan fingerprint density at radius 2 is 1.66 bits per heavy atom. The van der Waals surface area contributed by atoms with Crippen LogP contribution in [-0.2, 0) is 19.6 Å².